The predicted molar refractivity (Wildman–Crippen MR) is 61.1 cm³/mol. The summed E-state index contributed by atoms with van der Waals surface area (Å²) in [6.07, 6.45) is -2.42. The third-order valence-electron chi connectivity index (χ3n) is 1.88. The van der Waals surface area contributed by atoms with Gasteiger partial charge in [0.2, 0.25) is 0 Å². The van der Waals surface area contributed by atoms with E-state index in [0.717, 1.165) is 0 Å². The molecule has 90 valence electrons. The van der Waals surface area contributed by atoms with Crippen molar-refractivity contribution in [3.05, 3.63) is 18.2 Å². The van der Waals surface area contributed by atoms with Crippen molar-refractivity contribution in [1.82, 2.24) is 0 Å². The molecule has 0 saturated carbocycles. The summed E-state index contributed by atoms with van der Waals surface area (Å²) < 4.78 is 29.5. The van der Waals surface area contributed by atoms with Gasteiger partial charge in [-0.3, -0.25) is 0 Å². The summed E-state index contributed by atoms with van der Waals surface area (Å²) in [5.41, 5.74) is 6.61. The fourth-order valence-electron chi connectivity index (χ4n) is 1.24. The van der Waals surface area contributed by atoms with Crippen LogP contribution in [-0.4, -0.2) is 19.1 Å². The molecule has 1 aromatic carbocycles. The fraction of sp³-hybridized carbons (Fsp3) is 0.455. The van der Waals surface area contributed by atoms with Gasteiger partial charge >= 0.3 is 0 Å². The highest BCUT2D eigenvalue weighted by Gasteiger charge is 2.09. The maximum atomic E-state index is 12.0. The number of halogens is 2. The van der Waals surface area contributed by atoms with Crippen LogP contribution in [0.5, 0.6) is 5.75 Å². The number of benzene rings is 1. The molecule has 0 aliphatic carbocycles. The molecule has 0 atom stereocenters. The van der Waals surface area contributed by atoms with Crippen LogP contribution >= 0.6 is 0 Å². The molecule has 1 aromatic rings. The molecule has 0 saturated heterocycles. The summed E-state index contributed by atoms with van der Waals surface area (Å²) >= 11 is 0. The molecule has 0 bridgehead atoms. The summed E-state index contributed by atoms with van der Waals surface area (Å²) in [6.45, 7) is 3.33. The topological polar surface area (TPSA) is 47.3 Å². The van der Waals surface area contributed by atoms with Crippen LogP contribution in [0, 0.1) is 0 Å². The van der Waals surface area contributed by atoms with E-state index in [1.165, 1.54) is 0 Å². The first-order chi connectivity index (χ1) is 7.50. The number of nitrogens with one attached hydrogen (secondary N) is 1. The molecule has 0 heterocycles. The monoisotopic (exact) mass is 230 g/mol. The molecular weight excluding hydrogens is 214 g/mol. The first kappa shape index (κ1) is 12.5. The zero-order valence-electron chi connectivity index (χ0n) is 9.34. The maximum Gasteiger partial charge on any atom is 0.255 e. The van der Waals surface area contributed by atoms with E-state index in [4.69, 9.17) is 10.5 Å². The lowest BCUT2D eigenvalue weighted by Gasteiger charge is -2.15. The van der Waals surface area contributed by atoms with Crippen molar-refractivity contribution >= 4 is 11.4 Å². The number of alkyl halides is 2. The third-order valence-corrected chi connectivity index (χ3v) is 1.88. The fourth-order valence-corrected chi connectivity index (χ4v) is 1.24. The van der Waals surface area contributed by atoms with Gasteiger partial charge in [-0.25, -0.2) is 8.78 Å². The summed E-state index contributed by atoms with van der Waals surface area (Å²) in [4.78, 5) is 0. The van der Waals surface area contributed by atoms with Gasteiger partial charge in [0, 0.05) is 0 Å². The van der Waals surface area contributed by atoms with Crippen molar-refractivity contribution in [3.8, 4) is 5.75 Å². The van der Waals surface area contributed by atoms with Crippen LogP contribution in [0.25, 0.3) is 0 Å². The minimum atomic E-state index is -2.41. The first-order valence-electron chi connectivity index (χ1n) is 5.08. The number of rotatable bonds is 5. The lowest BCUT2D eigenvalue weighted by Crippen LogP contribution is -2.13. The lowest BCUT2D eigenvalue weighted by molar-refractivity contribution is 0.163. The molecule has 3 N–H and O–H groups in total. The summed E-state index contributed by atoms with van der Waals surface area (Å²) in [6, 6.07) is 5.07. The van der Waals surface area contributed by atoms with Crippen molar-refractivity contribution in [2.75, 3.05) is 17.6 Å². The van der Waals surface area contributed by atoms with Crippen LogP contribution in [0.15, 0.2) is 18.2 Å². The van der Waals surface area contributed by atoms with Gasteiger partial charge in [0.1, 0.15) is 5.75 Å². The van der Waals surface area contributed by atoms with E-state index in [0.29, 0.717) is 17.1 Å². The Hall–Kier alpha value is -1.52. The molecule has 0 aliphatic heterocycles. The molecule has 5 heteroatoms. The third kappa shape index (κ3) is 3.56. The van der Waals surface area contributed by atoms with Crippen LogP contribution in [0.2, 0.25) is 0 Å². The number of para-hydroxylation sites is 1. The van der Waals surface area contributed by atoms with Gasteiger partial charge in [0.05, 0.1) is 24.0 Å². The molecule has 0 aliphatic rings. The second-order valence-electron chi connectivity index (χ2n) is 3.66. The molecule has 16 heavy (non-hydrogen) atoms. The number of nitrogens with two attached hydrogens (primary N) is 1. The van der Waals surface area contributed by atoms with Gasteiger partial charge in [0.25, 0.3) is 6.43 Å². The summed E-state index contributed by atoms with van der Waals surface area (Å²) in [5.74, 6) is 0.509. The molecule has 3 nitrogen and oxygen atoms in total. The maximum absolute atomic E-state index is 12.0. The Kier molecular flexibility index (Phi) is 4.34. The van der Waals surface area contributed by atoms with Gasteiger partial charge in [-0.15, -0.1) is 0 Å². The van der Waals surface area contributed by atoms with Crippen LogP contribution in [0.4, 0.5) is 20.2 Å². The van der Waals surface area contributed by atoms with Gasteiger partial charge in [-0.1, -0.05) is 6.07 Å². The van der Waals surface area contributed by atoms with Crippen molar-refractivity contribution < 1.29 is 13.5 Å². The largest absolute Gasteiger partial charge is 0.489 e. The Bertz CT molecular complexity index is 343. The quantitative estimate of drug-likeness (QED) is 0.764. The zero-order chi connectivity index (χ0) is 12.1. The van der Waals surface area contributed by atoms with Gasteiger partial charge in [-0.2, -0.15) is 0 Å². The van der Waals surface area contributed by atoms with E-state index in [1.807, 2.05) is 13.8 Å². The van der Waals surface area contributed by atoms with Crippen LogP contribution in [0.1, 0.15) is 13.8 Å². The second-order valence-corrected chi connectivity index (χ2v) is 3.66. The van der Waals surface area contributed by atoms with Crippen LogP contribution < -0.4 is 15.8 Å². The minimum absolute atomic E-state index is 0.00681. The van der Waals surface area contributed by atoms with E-state index < -0.39 is 13.0 Å². The van der Waals surface area contributed by atoms with Crippen LogP contribution in [-0.2, 0) is 0 Å². The van der Waals surface area contributed by atoms with Crippen molar-refractivity contribution in [2.45, 2.75) is 26.4 Å². The number of ether oxygens (including phenoxy) is 1. The lowest BCUT2D eigenvalue weighted by atomic mass is 10.2. The second kappa shape index (κ2) is 5.53. The molecule has 0 spiro atoms. The highest BCUT2D eigenvalue weighted by molar-refractivity contribution is 5.72. The van der Waals surface area contributed by atoms with E-state index in [9.17, 15) is 8.78 Å². The van der Waals surface area contributed by atoms with Gasteiger partial charge in [-0.05, 0) is 26.0 Å². The average molecular weight is 230 g/mol. The Labute approximate surface area is 93.6 Å². The highest BCUT2D eigenvalue weighted by atomic mass is 19.3. The smallest absolute Gasteiger partial charge is 0.255 e. The molecular formula is C11H16F2N2O. The Balaban J connectivity index is 2.78. The Morgan fingerprint density at radius 1 is 1.38 bits per heavy atom. The summed E-state index contributed by atoms with van der Waals surface area (Å²) in [7, 11) is 0. The van der Waals surface area contributed by atoms with Gasteiger partial charge in [0.15, 0.2) is 0 Å². The van der Waals surface area contributed by atoms with Gasteiger partial charge < -0.3 is 15.8 Å². The standard InChI is InChI=1S/C11H16F2N2O/c1-7(2)16-9-5-3-4-8(11(9)14)15-6-10(12)13/h3-5,7,10,15H,6,14H2,1-2H3. The predicted octanol–water partition coefficient (Wildman–Crippen LogP) is 2.73. The Morgan fingerprint density at radius 2 is 2.06 bits per heavy atom. The summed E-state index contributed by atoms with van der Waals surface area (Å²) in [5, 5.41) is 2.57. The Morgan fingerprint density at radius 3 is 2.62 bits per heavy atom. The normalized spacial score (nSPS) is 10.9. The SMILES string of the molecule is CC(C)Oc1cccc(NCC(F)F)c1N. The molecule has 0 amide bonds. The zero-order valence-corrected chi connectivity index (χ0v) is 9.34. The van der Waals surface area contributed by atoms with Crippen molar-refractivity contribution in [2.24, 2.45) is 0 Å². The number of hydrogen-bond acceptors (Lipinski definition) is 3. The number of nitrogen functional groups attached to an aromatic ring is 1. The van der Waals surface area contributed by atoms with Crippen molar-refractivity contribution in [3.63, 3.8) is 0 Å². The highest BCUT2D eigenvalue weighted by Crippen LogP contribution is 2.30. The minimum Gasteiger partial charge on any atom is -0.489 e. The molecule has 0 radical (unpaired) electrons. The van der Waals surface area contributed by atoms with E-state index >= 15 is 0 Å². The average Bonchev–Trinajstić information content (AvgIpc) is 2.18. The van der Waals surface area contributed by atoms with Crippen LogP contribution in [0.3, 0.4) is 0 Å². The van der Waals surface area contributed by atoms with E-state index in [2.05, 4.69) is 5.32 Å². The molecule has 1 rings (SSSR count). The first-order valence-corrected chi connectivity index (χ1v) is 5.08. The molecule has 0 aromatic heterocycles. The van der Waals surface area contributed by atoms with E-state index in [-0.39, 0.29) is 6.10 Å². The molecule has 0 unspecified atom stereocenters. The number of anilines is 2. The van der Waals surface area contributed by atoms with Crippen molar-refractivity contribution in [1.29, 1.82) is 0 Å². The van der Waals surface area contributed by atoms with E-state index in [1.54, 1.807) is 18.2 Å². The molecule has 0 fully saturated rings. The number of hydrogen-bond donors (Lipinski definition) is 2.